The summed E-state index contributed by atoms with van der Waals surface area (Å²) in [6.45, 7) is 4.38. The van der Waals surface area contributed by atoms with E-state index in [1.807, 2.05) is 48.5 Å². The summed E-state index contributed by atoms with van der Waals surface area (Å²) in [5.41, 5.74) is 2.19. The Labute approximate surface area is 287 Å². The maximum absolute atomic E-state index is 11.3. The third-order valence-corrected chi connectivity index (χ3v) is 9.28. The molecule has 0 aliphatic rings. The standard InChI is InChI=1S/2C17H22O3S.Ca/c2*1-2-3-4-5-6-8-14-11-12-15-9-7-10-17(16(15)13-14)21(18,19)20;/h2*7,9-13H,2-6,8H2,1H3,(H,18,19,20);/q;;+2/p-2. The second-order valence-electron chi connectivity index (χ2n) is 10.9. The molecular weight excluding hydrogens is 609 g/mol. The fraction of sp³-hybridized carbons (Fsp3) is 0.412. The molecule has 0 fully saturated rings. The van der Waals surface area contributed by atoms with E-state index < -0.39 is 20.2 Å². The molecule has 0 aromatic heterocycles. The molecule has 0 aliphatic carbocycles. The fourth-order valence-corrected chi connectivity index (χ4v) is 6.58. The van der Waals surface area contributed by atoms with Crippen LogP contribution in [-0.2, 0) is 33.1 Å². The fourth-order valence-electron chi connectivity index (χ4n) is 5.19. The monoisotopic (exact) mass is 650 g/mol. The van der Waals surface area contributed by atoms with Crippen molar-refractivity contribution in [2.75, 3.05) is 0 Å². The van der Waals surface area contributed by atoms with Gasteiger partial charge >= 0.3 is 37.7 Å². The van der Waals surface area contributed by atoms with Gasteiger partial charge in [0.15, 0.2) is 0 Å². The van der Waals surface area contributed by atoms with Crippen LogP contribution in [0.4, 0.5) is 0 Å². The Morgan fingerprint density at radius 2 is 0.884 bits per heavy atom. The van der Waals surface area contributed by atoms with Crippen molar-refractivity contribution < 1.29 is 25.9 Å². The van der Waals surface area contributed by atoms with Crippen molar-refractivity contribution >= 4 is 79.5 Å². The van der Waals surface area contributed by atoms with Gasteiger partial charge < -0.3 is 9.11 Å². The first-order chi connectivity index (χ1) is 20.0. The topological polar surface area (TPSA) is 114 Å². The molecule has 0 saturated carbocycles. The van der Waals surface area contributed by atoms with Crippen LogP contribution in [0, 0.1) is 0 Å². The molecule has 0 N–H and O–H groups in total. The molecule has 0 bridgehead atoms. The van der Waals surface area contributed by atoms with Crippen molar-refractivity contribution in [1.29, 1.82) is 0 Å². The second kappa shape index (κ2) is 18.4. The van der Waals surface area contributed by atoms with Crippen LogP contribution in [0.2, 0.25) is 0 Å². The molecule has 228 valence electrons. The van der Waals surface area contributed by atoms with Gasteiger partial charge in [-0.25, -0.2) is 16.8 Å². The molecule has 0 heterocycles. The van der Waals surface area contributed by atoms with E-state index in [0.717, 1.165) is 47.6 Å². The van der Waals surface area contributed by atoms with E-state index in [0.29, 0.717) is 10.8 Å². The number of aryl methyl sites for hydroxylation is 2. The molecule has 9 heteroatoms. The quantitative estimate of drug-likeness (QED) is 0.0773. The number of hydrogen-bond donors (Lipinski definition) is 0. The molecule has 0 amide bonds. The number of fused-ring (bicyclic) bond motifs is 2. The molecule has 4 aromatic carbocycles. The van der Waals surface area contributed by atoms with Crippen molar-refractivity contribution in [3.8, 4) is 0 Å². The van der Waals surface area contributed by atoms with Crippen molar-refractivity contribution in [2.24, 2.45) is 0 Å². The molecule has 0 spiro atoms. The van der Waals surface area contributed by atoms with Gasteiger partial charge in [0.1, 0.15) is 20.2 Å². The summed E-state index contributed by atoms with van der Waals surface area (Å²) in [6.07, 6.45) is 13.9. The molecule has 0 saturated heterocycles. The van der Waals surface area contributed by atoms with E-state index in [1.54, 1.807) is 12.1 Å². The minimum Gasteiger partial charge on any atom is -0.744 e. The minimum absolute atomic E-state index is 0. The van der Waals surface area contributed by atoms with Crippen LogP contribution in [0.1, 0.15) is 89.2 Å². The third kappa shape index (κ3) is 12.1. The Balaban J connectivity index is 0.000000293. The SMILES string of the molecule is CCCCCCCc1ccc2cccc(S(=O)(=O)[O-])c2c1.CCCCCCCc1ccc2cccc(S(=O)(=O)[O-])c2c1.[Ca+2]. The average molecular weight is 651 g/mol. The Bertz CT molecular complexity index is 1540. The number of rotatable bonds is 14. The minimum atomic E-state index is -4.43. The maximum Gasteiger partial charge on any atom is 2.00 e. The molecule has 4 aromatic rings. The summed E-state index contributed by atoms with van der Waals surface area (Å²) >= 11 is 0. The Kier molecular flexibility index (Phi) is 16.2. The molecular formula is C34H42CaO6S2. The Morgan fingerprint density at radius 1 is 0.512 bits per heavy atom. The largest absolute Gasteiger partial charge is 2.00 e. The maximum atomic E-state index is 11.3. The van der Waals surface area contributed by atoms with Gasteiger partial charge in [-0.3, -0.25) is 0 Å². The van der Waals surface area contributed by atoms with Crippen LogP contribution < -0.4 is 0 Å². The van der Waals surface area contributed by atoms with Gasteiger partial charge in [-0.15, -0.1) is 0 Å². The summed E-state index contributed by atoms with van der Waals surface area (Å²) in [6, 6.07) is 21.2. The Hall–Kier alpha value is -1.52. The van der Waals surface area contributed by atoms with Gasteiger partial charge in [0, 0.05) is 0 Å². The van der Waals surface area contributed by atoms with Crippen LogP contribution >= 0.6 is 0 Å². The van der Waals surface area contributed by atoms with Gasteiger partial charge in [0.2, 0.25) is 0 Å². The first-order valence-electron chi connectivity index (χ1n) is 15.0. The van der Waals surface area contributed by atoms with Crippen LogP contribution in [0.15, 0.2) is 82.6 Å². The summed E-state index contributed by atoms with van der Waals surface area (Å²) in [5.74, 6) is 0. The zero-order chi connectivity index (χ0) is 30.6. The zero-order valence-electron chi connectivity index (χ0n) is 25.4. The molecule has 0 radical (unpaired) electrons. The van der Waals surface area contributed by atoms with E-state index in [4.69, 9.17) is 0 Å². The van der Waals surface area contributed by atoms with Crippen LogP contribution in [0.5, 0.6) is 0 Å². The number of unbranched alkanes of at least 4 members (excludes halogenated alkanes) is 8. The summed E-state index contributed by atoms with van der Waals surface area (Å²) in [5, 5.41) is 2.67. The molecule has 0 unspecified atom stereocenters. The molecule has 0 aliphatic heterocycles. The van der Waals surface area contributed by atoms with Crippen molar-refractivity contribution in [2.45, 2.75) is 101 Å². The predicted molar refractivity (Wildman–Crippen MR) is 175 cm³/mol. The van der Waals surface area contributed by atoms with Gasteiger partial charge in [0.25, 0.3) is 0 Å². The van der Waals surface area contributed by atoms with Crippen LogP contribution in [0.3, 0.4) is 0 Å². The predicted octanol–water partition coefficient (Wildman–Crippen LogP) is 8.13. The van der Waals surface area contributed by atoms with Gasteiger partial charge in [-0.1, -0.05) is 114 Å². The first kappa shape index (κ1) is 37.7. The first-order valence-corrected chi connectivity index (χ1v) is 17.8. The van der Waals surface area contributed by atoms with Crippen LogP contribution in [0.25, 0.3) is 21.5 Å². The van der Waals surface area contributed by atoms with E-state index >= 15 is 0 Å². The zero-order valence-corrected chi connectivity index (χ0v) is 29.2. The number of benzene rings is 4. The number of hydrogen-bond acceptors (Lipinski definition) is 6. The smallest absolute Gasteiger partial charge is 0.744 e. The molecule has 6 nitrogen and oxygen atoms in total. The van der Waals surface area contributed by atoms with Gasteiger partial charge in [-0.2, -0.15) is 0 Å². The normalized spacial score (nSPS) is 11.6. The summed E-state index contributed by atoms with van der Waals surface area (Å²) in [4.78, 5) is -0.235. The summed E-state index contributed by atoms with van der Waals surface area (Å²) < 4.78 is 68.0. The van der Waals surface area contributed by atoms with Crippen molar-refractivity contribution in [3.05, 3.63) is 83.9 Å². The summed E-state index contributed by atoms with van der Waals surface area (Å²) in [7, 11) is -8.86. The van der Waals surface area contributed by atoms with Gasteiger partial charge in [-0.05, 0) is 82.6 Å². The average Bonchev–Trinajstić information content (AvgIpc) is 2.95. The van der Waals surface area contributed by atoms with E-state index in [2.05, 4.69) is 13.8 Å². The molecule has 0 atom stereocenters. The van der Waals surface area contributed by atoms with Crippen molar-refractivity contribution in [3.63, 3.8) is 0 Å². The molecule has 43 heavy (non-hydrogen) atoms. The van der Waals surface area contributed by atoms with E-state index in [9.17, 15) is 25.9 Å². The second-order valence-corrected chi connectivity index (χ2v) is 13.6. The van der Waals surface area contributed by atoms with Crippen molar-refractivity contribution in [1.82, 2.24) is 0 Å². The van der Waals surface area contributed by atoms with Crippen LogP contribution in [-0.4, -0.2) is 63.7 Å². The third-order valence-electron chi connectivity index (χ3n) is 7.49. The Morgan fingerprint density at radius 3 is 1.23 bits per heavy atom. The van der Waals surface area contributed by atoms with Gasteiger partial charge in [0.05, 0.1) is 9.79 Å². The molecule has 4 rings (SSSR count). The van der Waals surface area contributed by atoms with E-state index in [1.165, 1.54) is 63.5 Å². The van der Waals surface area contributed by atoms with E-state index in [-0.39, 0.29) is 47.5 Å².